The number of ketones is 1. The highest BCUT2D eigenvalue weighted by Crippen LogP contribution is 2.19. The van der Waals surface area contributed by atoms with Crippen molar-refractivity contribution in [2.24, 2.45) is 0 Å². The maximum atomic E-state index is 12.2. The molecular formula is C18H13ClN6O2S. The predicted molar refractivity (Wildman–Crippen MR) is 103 cm³/mol. The third kappa shape index (κ3) is 4.44. The van der Waals surface area contributed by atoms with Gasteiger partial charge in [-0.2, -0.15) is 4.80 Å². The van der Waals surface area contributed by atoms with Gasteiger partial charge in [-0.3, -0.25) is 4.79 Å². The van der Waals surface area contributed by atoms with Crippen LogP contribution in [0.3, 0.4) is 0 Å². The second-order valence-corrected chi connectivity index (χ2v) is 7.05. The van der Waals surface area contributed by atoms with E-state index in [-0.39, 0.29) is 18.1 Å². The first-order valence-corrected chi connectivity index (χ1v) is 9.61. The first kappa shape index (κ1) is 18.3. The lowest BCUT2D eigenvalue weighted by Crippen LogP contribution is -2.04. The van der Waals surface area contributed by atoms with Crippen molar-refractivity contribution < 1.29 is 9.21 Å². The Morgan fingerprint density at radius 2 is 1.82 bits per heavy atom. The number of Topliss-reactive ketones (excluding diaryl/α,β-unsaturated/α-hetero) is 1. The van der Waals surface area contributed by atoms with E-state index in [0.29, 0.717) is 27.5 Å². The zero-order valence-corrected chi connectivity index (χ0v) is 16.0. The average molecular weight is 413 g/mol. The zero-order valence-electron chi connectivity index (χ0n) is 14.4. The average Bonchev–Trinajstić information content (AvgIpc) is 3.37. The van der Waals surface area contributed by atoms with Gasteiger partial charge in [0.15, 0.2) is 5.78 Å². The van der Waals surface area contributed by atoms with E-state index in [0.717, 1.165) is 5.56 Å². The molecule has 0 N–H and O–H groups in total. The Morgan fingerprint density at radius 1 is 1.04 bits per heavy atom. The second-order valence-electron chi connectivity index (χ2n) is 5.69. The van der Waals surface area contributed by atoms with Gasteiger partial charge in [-0.05, 0) is 29.5 Å². The van der Waals surface area contributed by atoms with Crippen molar-refractivity contribution in [3.8, 4) is 11.4 Å². The van der Waals surface area contributed by atoms with Gasteiger partial charge in [0.1, 0.15) is 6.54 Å². The minimum absolute atomic E-state index is 0.0492. The van der Waals surface area contributed by atoms with Gasteiger partial charge in [0, 0.05) is 16.1 Å². The van der Waals surface area contributed by atoms with E-state index in [9.17, 15) is 4.79 Å². The number of hydrogen-bond donors (Lipinski definition) is 0. The van der Waals surface area contributed by atoms with Crippen LogP contribution in [0.5, 0.6) is 0 Å². The van der Waals surface area contributed by atoms with Gasteiger partial charge in [0.05, 0.1) is 5.75 Å². The Kier molecular flexibility index (Phi) is 5.45. The Hall–Kier alpha value is -3.04. The molecule has 0 atom stereocenters. The van der Waals surface area contributed by atoms with E-state index < -0.39 is 0 Å². The molecule has 2 aromatic carbocycles. The molecule has 8 nitrogen and oxygen atoms in total. The van der Waals surface area contributed by atoms with Crippen molar-refractivity contribution in [2.45, 2.75) is 11.8 Å². The van der Waals surface area contributed by atoms with Crippen LogP contribution >= 0.6 is 23.4 Å². The van der Waals surface area contributed by atoms with E-state index in [4.69, 9.17) is 16.0 Å². The number of carbonyl (C=O) groups is 1. The summed E-state index contributed by atoms with van der Waals surface area (Å²) in [5.41, 5.74) is 1.45. The van der Waals surface area contributed by atoms with Crippen LogP contribution in [0, 0.1) is 0 Å². The molecule has 0 saturated carbocycles. The Balaban J connectivity index is 1.35. The number of halogens is 1. The molecule has 0 saturated heterocycles. The van der Waals surface area contributed by atoms with Gasteiger partial charge in [-0.15, -0.1) is 20.4 Å². The quantitative estimate of drug-likeness (QED) is 0.336. The van der Waals surface area contributed by atoms with Crippen molar-refractivity contribution in [1.82, 2.24) is 30.4 Å². The molecule has 0 bridgehead atoms. The van der Waals surface area contributed by atoms with Gasteiger partial charge in [-0.25, -0.2) is 0 Å². The monoisotopic (exact) mass is 412 g/mol. The fourth-order valence-corrected chi connectivity index (χ4v) is 3.14. The van der Waals surface area contributed by atoms with Gasteiger partial charge < -0.3 is 4.42 Å². The number of hydrogen-bond acceptors (Lipinski definition) is 8. The third-order valence-electron chi connectivity index (χ3n) is 3.70. The summed E-state index contributed by atoms with van der Waals surface area (Å²) < 4.78 is 5.55. The number of tetrazole rings is 1. The number of rotatable bonds is 7. The van der Waals surface area contributed by atoms with Crippen molar-refractivity contribution in [3.63, 3.8) is 0 Å². The smallest absolute Gasteiger partial charge is 0.277 e. The molecule has 0 aliphatic carbocycles. The molecule has 0 unspecified atom stereocenters. The van der Waals surface area contributed by atoms with Crippen molar-refractivity contribution in [1.29, 1.82) is 0 Å². The molecule has 10 heteroatoms. The van der Waals surface area contributed by atoms with E-state index in [1.54, 1.807) is 24.3 Å². The summed E-state index contributed by atoms with van der Waals surface area (Å²) in [4.78, 5) is 13.6. The van der Waals surface area contributed by atoms with Crippen LogP contribution in [0.1, 0.15) is 16.2 Å². The molecule has 0 fully saturated rings. The third-order valence-corrected chi connectivity index (χ3v) is 4.77. The summed E-state index contributed by atoms with van der Waals surface area (Å²) in [5.74, 6) is 0.983. The zero-order chi connectivity index (χ0) is 19.3. The summed E-state index contributed by atoms with van der Waals surface area (Å²) in [7, 11) is 0. The first-order valence-electron chi connectivity index (χ1n) is 8.24. The van der Waals surface area contributed by atoms with Gasteiger partial charge in [-0.1, -0.05) is 53.7 Å². The van der Waals surface area contributed by atoms with E-state index in [1.807, 2.05) is 30.3 Å². The summed E-state index contributed by atoms with van der Waals surface area (Å²) >= 11 is 7.00. The SMILES string of the molecule is O=C(CSc1nnc(Cn2nnc(-c3ccccc3)n2)o1)c1ccc(Cl)cc1. The minimum atomic E-state index is -0.0492. The number of benzene rings is 2. The number of carbonyl (C=O) groups excluding carboxylic acids is 1. The van der Waals surface area contributed by atoms with Crippen LogP contribution in [-0.4, -0.2) is 41.9 Å². The van der Waals surface area contributed by atoms with Crippen LogP contribution in [-0.2, 0) is 6.54 Å². The lowest BCUT2D eigenvalue weighted by molar-refractivity contribution is 0.102. The second kappa shape index (κ2) is 8.32. The molecular weight excluding hydrogens is 400 g/mol. The maximum absolute atomic E-state index is 12.2. The summed E-state index contributed by atoms with van der Waals surface area (Å²) in [5, 5.41) is 21.1. The molecule has 0 amide bonds. The molecule has 4 aromatic rings. The standard InChI is InChI=1S/C18H13ClN6O2S/c19-14-8-6-12(7-9-14)15(26)11-28-18-22-20-16(27-18)10-25-23-17(21-24-25)13-4-2-1-3-5-13/h1-9H,10-11H2. The summed E-state index contributed by atoms with van der Waals surface area (Å²) in [6.45, 7) is 0.193. The first-order chi connectivity index (χ1) is 13.7. The minimum Gasteiger partial charge on any atom is -0.414 e. The Morgan fingerprint density at radius 3 is 2.61 bits per heavy atom. The lowest BCUT2D eigenvalue weighted by Gasteiger charge is -1.98. The lowest BCUT2D eigenvalue weighted by atomic mass is 10.1. The molecule has 2 aromatic heterocycles. The number of aromatic nitrogens is 6. The van der Waals surface area contributed by atoms with Crippen LogP contribution in [0.4, 0.5) is 0 Å². The number of nitrogens with zero attached hydrogens (tertiary/aromatic N) is 6. The van der Waals surface area contributed by atoms with Gasteiger partial charge in [0.2, 0.25) is 11.7 Å². The van der Waals surface area contributed by atoms with Crippen LogP contribution in [0.2, 0.25) is 5.02 Å². The highest BCUT2D eigenvalue weighted by atomic mass is 35.5. The van der Waals surface area contributed by atoms with E-state index in [1.165, 1.54) is 16.6 Å². The summed E-state index contributed by atoms with van der Waals surface area (Å²) in [6, 6.07) is 16.3. The Labute approximate surface area is 168 Å². The molecule has 140 valence electrons. The van der Waals surface area contributed by atoms with Crippen molar-refractivity contribution >= 4 is 29.1 Å². The van der Waals surface area contributed by atoms with Crippen LogP contribution in [0.15, 0.2) is 64.2 Å². The molecule has 4 rings (SSSR count). The fourth-order valence-electron chi connectivity index (χ4n) is 2.34. The largest absolute Gasteiger partial charge is 0.414 e. The van der Waals surface area contributed by atoms with E-state index in [2.05, 4.69) is 25.6 Å². The van der Waals surface area contributed by atoms with Crippen molar-refractivity contribution in [2.75, 3.05) is 5.75 Å². The molecule has 2 heterocycles. The molecule has 0 aliphatic rings. The molecule has 0 aliphatic heterocycles. The summed E-state index contributed by atoms with van der Waals surface area (Å²) in [6.07, 6.45) is 0. The molecule has 0 spiro atoms. The molecule has 28 heavy (non-hydrogen) atoms. The van der Waals surface area contributed by atoms with Crippen molar-refractivity contribution in [3.05, 3.63) is 71.1 Å². The van der Waals surface area contributed by atoms with Crippen LogP contribution in [0.25, 0.3) is 11.4 Å². The fraction of sp³-hybridized carbons (Fsp3) is 0.111. The van der Waals surface area contributed by atoms with Gasteiger partial charge >= 0.3 is 0 Å². The van der Waals surface area contributed by atoms with E-state index >= 15 is 0 Å². The Bertz CT molecular complexity index is 1080. The predicted octanol–water partition coefficient (Wildman–Crippen LogP) is 3.40. The van der Waals surface area contributed by atoms with Crippen LogP contribution < -0.4 is 0 Å². The van der Waals surface area contributed by atoms with Gasteiger partial charge in [0.25, 0.3) is 5.22 Å². The normalized spacial score (nSPS) is 10.9. The number of thioether (sulfide) groups is 1. The topological polar surface area (TPSA) is 99.6 Å². The highest BCUT2D eigenvalue weighted by molar-refractivity contribution is 7.99. The maximum Gasteiger partial charge on any atom is 0.277 e. The molecule has 0 radical (unpaired) electrons. The highest BCUT2D eigenvalue weighted by Gasteiger charge is 2.13.